The van der Waals surface area contributed by atoms with E-state index in [4.69, 9.17) is 17.2 Å². The number of aliphatic hydroxyl groups excluding tert-OH is 1. The molecule has 5 heterocycles. The standard InChI is InChI=1S/C64H82N18O13/c1-34(2)23-46(56(88)75-45(13-7-21-69-64(66)67)63(95)82-22-8-14-52(82)62(94)72-31-53(65)85)76-58(90)48(25-36-28-70-42-11-5-3-9-40(36)42)78-57(89)47(24-35-15-17-39(84)18-16-35)77-61(93)51(32-83)81-59(91)49(26-37-29-71-43-12-6-4-10-41(37)43)79-60(92)50(27-38-30-68-33-73-38)80-55(87)44-19-20-54(86)74-44/h3-6,9-12,15-18,28-30,33-34,44-52,70-71,83-84H,7-8,13-14,19-27,31-32H2,1-2H3,(H2,65,85)(H,68,73)(H,72,94)(H,74,86)(H,75,88)(H,76,90)(H,77,93)(H,78,89)(H,79,92)(H,80,87)(H,81,91)(H4,66,67,69)/t44-,45-,46+,47+,48-,49+,50+,51-,52-/m0/s1. The van der Waals surface area contributed by atoms with Crippen LogP contribution in [-0.2, 0) is 78.4 Å². The van der Waals surface area contributed by atoms with Gasteiger partial charge in [-0.3, -0.25) is 57.7 Å². The number of carbonyl (C=O) groups excluding carboxylic acids is 11. The fourth-order valence-corrected chi connectivity index (χ4v) is 11.5. The maximum absolute atomic E-state index is 15.1. The SMILES string of the molecule is CC(C)C[C@@H](NC(=O)[C@H](Cc1c[nH]c2ccccc12)NC(=O)[C@@H](Cc1ccc(O)cc1)NC(=O)[C@H](CO)NC(=O)[C@@H](Cc1c[nH]c2ccccc12)NC(=O)[C@@H](Cc1cnc[nH]1)NC(=O)[C@@H]1CCC(=O)N1)C(=O)N[C@@H](CCCN=C(N)N)C(=O)N1CCC[C@H]1C(=O)NCC(N)=O. The van der Waals surface area contributed by atoms with E-state index < -0.39 is 127 Å². The predicted molar refractivity (Wildman–Crippen MR) is 346 cm³/mol. The summed E-state index contributed by atoms with van der Waals surface area (Å²) in [5.74, 6) is -9.04. The summed E-state index contributed by atoms with van der Waals surface area (Å²) in [4.78, 5) is 172. The second-order valence-electron chi connectivity index (χ2n) is 24.0. The number of nitrogens with two attached hydrogens (primary N) is 3. The number of phenolic OH excluding ortho intramolecular Hbond substituents is 1. The summed E-state index contributed by atoms with van der Waals surface area (Å²) in [6.45, 7) is 2.33. The van der Waals surface area contributed by atoms with Crippen molar-refractivity contribution in [1.82, 2.24) is 72.7 Å². The number of aromatic nitrogens is 4. The first-order valence-corrected chi connectivity index (χ1v) is 31.3. The summed E-state index contributed by atoms with van der Waals surface area (Å²) < 4.78 is 0. The first-order chi connectivity index (χ1) is 45.5. The smallest absolute Gasteiger partial charge is 0.245 e. The minimum atomic E-state index is -1.80. The van der Waals surface area contributed by atoms with Crippen LogP contribution in [0.2, 0.25) is 0 Å². The minimum absolute atomic E-state index is 0.00905. The van der Waals surface area contributed by atoms with Gasteiger partial charge >= 0.3 is 0 Å². The molecule has 2 aliphatic rings. The summed E-state index contributed by atoms with van der Waals surface area (Å²) in [6, 6.07) is 7.78. The Morgan fingerprint density at radius 2 is 1.18 bits per heavy atom. The highest BCUT2D eigenvalue weighted by molar-refractivity contribution is 6.00. The van der Waals surface area contributed by atoms with E-state index in [9.17, 15) is 53.4 Å². The number of carbonyl (C=O) groups is 11. The van der Waals surface area contributed by atoms with Crippen molar-refractivity contribution in [2.45, 2.75) is 139 Å². The summed E-state index contributed by atoms with van der Waals surface area (Å²) in [6.07, 6.45) is 6.51. The molecule has 0 saturated carbocycles. The molecule has 2 saturated heterocycles. The van der Waals surface area contributed by atoms with Crippen LogP contribution in [-0.4, -0.2) is 187 Å². The van der Waals surface area contributed by atoms with Crippen LogP contribution in [0.3, 0.4) is 0 Å². The Kier molecular flexibility index (Phi) is 24.4. The molecule has 2 fully saturated rings. The number of hydrogen-bond acceptors (Lipinski definition) is 15. The highest BCUT2D eigenvalue weighted by Gasteiger charge is 2.40. The van der Waals surface area contributed by atoms with Gasteiger partial charge in [0.2, 0.25) is 65.0 Å². The molecular formula is C64H82N18O13. The molecule has 0 radical (unpaired) electrons. The number of para-hydroxylation sites is 2. The highest BCUT2D eigenvalue weighted by Crippen LogP contribution is 2.24. The number of aromatic hydroxyl groups is 1. The highest BCUT2D eigenvalue weighted by atomic mass is 16.3. The third-order valence-corrected chi connectivity index (χ3v) is 16.4. The van der Waals surface area contributed by atoms with Gasteiger partial charge in [-0.2, -0.15) is 0 Å². The molecule has 0 unspecified atom stereocenters. The Hall–Kier alpha value is -10.8. The molecule has 0 aliphatic carbocycles. The van der Waals surface area contributed by atoms with Crippen LogP contribution in [0, 0.1) is 5.92 Å². The minimum Gasteiger partial charge on any atom is -0.508 e. The number of aliphatic imine (C=N–C) groups is 1. The first-order valence-electron chi connectivity index (χ1n) is 31.3. The van der Waals surface area contributed by atoms with Crippen LogP contribution in [0.25, 0.3) is 21.8 Å². The molecule has 8 rings (SSSR count). The number of rotatable bonds is 33. The van der Waals surface area contributed by atoms with Gasteiger partial charge in [0.05, 0.1) is 19.5 Å². The molecule has 506 valence electrons. The number of guanidine groups is 1. The fraction of sp³-hybridized carbons (Fsp3) is 0.422. The lowest BCUT2D eigenvalue weighted by Gasteiger charge is -2.30. The van der Waals surface area contributed by atoms with Gasteiger partial charge in [0, 0.05) is 91.3 Å². The second-order valence-corrected chi connectivity index (χ2v) is 24.0. The molecular weight excluding hydrogens is 1230 g/mol. The number of aromatic amines is 3. The van der Waals surface area contributed by atoms with Crippen LogP contribution in [0.4, 0.5) is 0 Å². The Morgan fingerprint density at radius 3 is 1.72 bits per heavy atom. The van der Waals surface area contributed by atoms with E-state index in [0.717, 1.165) is 0 Å². The molecule has 9 atom stereocenters. The molecule has 20 N–H and O–H groups in total. The van der Waals surface area contributed by atoms with E-state index in [1.54, 1.807) is 74.8 Å². The number of aliphatic hydroxyl groups is 1. The van der Waals surface area contributed by atoms with Gasteiger partial charge in [-0.25, -0.2) is 4.98 Å². The topological polar surface area (TPSA) is 490 Å². The van der Waals surface area contributed by atoms with Crippen LogP contribution < -0.4 is 65.1 Å². The van der Waals surface area contributed by atoms with Crippen molar-refractivity contribution in [2.24, 2.45) is 28.1 Å². The number of fused-ring (bicyclic) bond motifs is 2. The zero-order chi connectivity index (χ0) is 68.3. The van der Waals surface area contributed by atoms with E-state index in [-0.39, 0.29) is 101 Å². The normalized spacial score (nSPS) is 16.6. The van der Waals surface area contributed by atoms with Crippen molar-refractivity contribution in [3.63, 3.8) is 0 Å². The molecule has 3 aromatic heterocycles. The molecule has 2 aliphatic heterocycles. The van der Waals surface area contributed by atoms with Crippen LogP contribution in [0.1, 0.15) is 81.2 Å². The van der Waals surface area contributed by atoms with Gasteiger partial charge in [-0.1, -0.05) is 62.4 Å². The number of amides is 11. The number of nitrogens with zero attached hydrogens (tertiary/aromatic N) is 3. The number of benzene rings is 3. The van der Waals surface area contributed by atoms with Crippen LogP contribution >= 0.6 is 0 Å². The van der Waals surface area contributed by atoms with Crippen LogP contribution in [0.5, 0.6) is 5.75 Å². The van der Waals surface area contributed by atoms with Crippen molar-refractivity contribution in [3.8, 4) is 5.75 Å². The number of phenols is 1. The Bertz CT molecular complexity index is 3750. The lowest BCUT2D eigenvalue weighted by Crippen LogP contribution is -2.61. The molecule has 6 aromatic rings. The van der Waals surface area contributed by atoms with E-state index >= 15 is 9.59 Å². The quantitative estimate of drug-likeness (QED) is 0.0117. The fourth-order valence-electron chi connectivity index (χ4n) is 11.5. The van der Waals surface area contributed by atoms with Crippen molar-refractivity contribution in [3.05, 3.63) is 120 Å². The largest absolute Gasteiger partial charge is 0.508 e. The summed E-state index contributed by atoms with van der Waals surface area (Å²) in [7, 11) is 0. The maximum Gasteiger partial charge on any atom is 0.245 e. The van der Waals surface area contributed by atoms with E-state index in [1.807, 2.05) is 0 Å². The van der Waals surface area contributed by atoms with E-state index in [0.29, 0.717) is 50.6 Å². The number of imidazole rings is 1. The van der Waals surface area contributed by atoms with Crippen molar-refractivity contribution >= 4 is 92.7 Å². The first kappa shape index (κ1) is 70.0. The average molecular weight is 1310 g/mol. The Labute approximate surface area is 545 Å². The van der Waals surface area contributed by atoms with Crippen LogP contribution in [0.15, 0.2) is 103 Å². The van der Waals surface area contributed by atoms with E-state index in [2.05, 4.69) is 72.8 Å². The lowest BCUT2D eigenvalue weighted by molar-refractivity contribution is -0.142. The molecule has 0 bridgehead atoms. The van der Waals surface area contributed by atoms with Gasteiger partial charge in [0.25, 0.3) is 0 Å². The number of hydrogen-bond donors (Lipinski definition) is 17. The van der Waals surface area contributed by atoms with Crippen molar-refractivity contribution in [1.29, 1.82) is 0 Å². The van der Waals surface area contributed by atoms with Gasteiger partial charge in [-0.05, 0) is 85.4 Å². The molecule has 0 spiro atoms. The third kappa shape index (κ3) is 19.6. The van der Waals surface area contributed by atoms with Gasteiger partial charge < -0.3 is 95.1 Å². The lowest BCUT2D eigenvalue weighted by atomic mass is 9.99. The number of H-pyrrole nitrogens is 3. The molecule has 31 heteroatoms. The molecule has 3 aromatic carbocycles. The molecule has 31 nitrogen and oxygen atoms in total. The molecule has 11 amide bonds. The van der Waals surface area contributed by atoms with Gasteiger partial charge in [0.1, 0.15) is 60.1 Å². The summed E-state index contributed by atoms with van der Waals surface area (Å²) in [5.41, 5.74) is 19.8. The van der Waals surface area contributed by atoms with Gasteiger partial charge in [-0.15, -0.1) is 0 Å². The monoisotopic (exact) mass is 1310 g/mol. The Balaban J connectivity index is 1.05. The third-order valence-electron chi connectivity index (χ3n) is 16.4. The zero-order valence-corrected chi connectivity index (χ0v) is 52.6. The zero-order valence-electron chi connectivity index (χ0n) is 52.6. The van der Waals surface area contributed by atoms with Crippen molar-refractivity contribution < 1.29 is 63.0 Å². The number of likely N-dealkylation sites (tertiary alicyclic amines) is 1. The molecule has 95 heavy (non-hydrogen) atoms. The second kappa shape index (κ2) is 33.1. The number of nitrogens with one attached hydrogen (secondary N) is 12. The predicted octanol–water partition coefficient (Wildman–Crippen LogP) is -2.29. The summed E-state index contributed by atoms with van der Waals surface area (Å²) in [5, 5.41) is 46.5. The van der Waals surface area contributed by atoms with Gasteiger partial charge in [0.15, 0.2) is 5.96 Å². The van der Waals surface area contributed by atoms with Crippen molar-refractivity contribution in [2.75, 3.05) is 26.2 Å². The Morgan fingerprint density at radius 1 is 0.642 bits per heavy atom. The van der Waals surface area contributed by atoms with E-state index in [1.165, 1.54) is 41.7 Å². The summed E-state index contributed by atoms with van der Waals surface area (Å²) >= 11 is 0. The number of primary amides is 1. The maximum atomic E-state index is 15.1. The average Bonchev–Trinajstić information content (AvgIpc) is 1.81.